The van der Waals surface area contributed by atoms with Crippen LogP contribution in [0.15, 0.2) is 12.4 Å². The summed E-state index contributed by atoms with van der Waals surface area (Å²) in [6.07, 6.45) is 10.1. The van der Waals surface area contributed by atoms with Gasteiger partial charge in [-0.05, 0) is 38.0 Å². The van der Waals surface area contributed by atoms with Crippen LogP contribution in [0.2, 0.25) is 0 Å². The van der Waals surface area contributed by atoms with E-state index >= 15 is 0 Å². The molecule has 2 saturated heterocycles. The zero-order chi connectivity index (χ0) is 16.6. The summed E-state index contributed by atoms with van der Waals surface area (Å²) in [5.41, 5.74) is 0.213. The molecular weight excluding hydrogens is 304 g/mol. The van der Waals surface area contributed by atoms with E-state index in [-0.39, 0.29) is 5.41 Å². The van der Waals surface area contributed by atoms with Gasteiger partial charge in [-0.15, -0.1) is 0 Å². The number of ether oxygens (including phenoxy) is 1. The average molecular weight is 330 g/mol. The molecule has 4 rings (SSSR count). The topological polar surface area (TPSA) is 58.6 Å². The molecule has 1 atom stereocenters. The molecule has 1 spiro atoms. The van der Waals surface area contributed by atoms with E-state index in [0.29, 0.717) is 18.1 Å². The smallest absolute Gasteiger partial charge is 0.225 e. The first-order valence-corrected chi connectivity index (χ1v) is 9.06. The van der Waals surface area contributed by atoms with Crippen LogP contribution in [-0.4, -0.2) is 54.1 Å². The highest BCUT2D eigenvalue weighted by Gasteiger charge is 2.43. The first-order valence-electron chi connectivity index (χ1n) is 9.06. The van der Waals surface area contributed by atoms with E-state index in [1.807, 2.05) is 0 Å². The minimum absolute atomic E-state index is 0.213. The number of rotatable bonds is 4. The van der Waals surface area contributed by atoms with Crippen molar-refractivity contribution in [3.05, 3.63) is 12.4 Å². The Bertz CT molecular complexity index is 602. The summed E-state index contributed by atoms with van der Waals surface area (Å²) in [5, 5.41) is 0. The SMILES string of the molecule is COc1cnc(N2CCC[C@@]3(CCC(=O)N(CC4CC4)C3)C2)nc1. The molecule has 3 aliphatic rings. The normalized spacial score (nSPS) is 27.6. The first-order chi connectivity index (χ1) is 11.7. The van der Waals surface area contributed by atoms with Crippen molar-refractivity contribution in [2.75, 3.05) is 38.2 Å². The molecule has 3 heterocycles. The fraction of sp³-hybridized carbons (Fsp3) is 0.722. The van der Waals surface area contributed by atoms with Crippen LogP contribution in [0, 0.1) is 11.3 Å². The summed E-state index contributed by atoms with van der Waals surface area (Å²) in [6, 6.07) is 0. The third-order valence-corrected chi connectivity index (χ3v) is 5.72. The van der Waals surface area contributed by atoms with Crippen molar-refractivity contribution in [1.29, 1.82) is 0 Å². The Morgan fingerprint density at radius 2 is 2.04 bits per heavy atom. The van der Waals surface area contributed by atoms with Crippen LogP contribution in [0.5, 0.6) is 5.75 Å². The van der Waals surface area contributed by atoms with Gasteiger partial charge in [0.2, 0.25) is 11.9 Å². The Morgan fingerprint density at radius 1 is 1.25 bits per heavy atom. The van der Waals surface area contributed by atoms with Gasteiger partial charge >= 0.3 is 0 Å². The maximum Gasteiger partial charge on any atom is 0.225 e. The zero-order valence-electron chi connectivity index (χ0n) is 14.4. The highest BCUT2D eigenvalue weighted by molar-refractivity contribution is 5.77. The molecule has 0 radical (unpaired) electrons. The van der Waals surface area contributed by atoms with Gasteiger partial charge in [-0.25, -0.2) is 9.97 Å². The van der Waals surface area contributed by atoms with Gasteiger partial charge in [-0.2, -0.15) is 0 Å². The lowest BCUT2D eigenvalue weighted by Crippen LogP contribution is -2.54. The fourth-order valence-corrected chi connectivity index (χ4v) is 4.17. The molecule has 6 nitrogen and oxygen atoms in total. The minimum atomic E-state index is 0.213. The third-order valence-electron chi connectivity index (χ3n) is 5.72. The van der Waals surface area contributed by atoms with Gasteiger partial charge in [-0.1, -0.05) is 0 Å². The van der Waals surface area contributed by atoms with E-state index in [1.54, 1.807) is 19.5 Å². The van der Waals surface area contributed by atoms with Gasteiger partial charge in [0.05, 0.1) is 19.5 Å². The number of carbonyl (C=O) groups excluding carboxylic acids is 1. The van der Waals surface area contributed by atoms with Crippen LogP contribution < -0.4 is 9.64 Å². The number of piperidine rings is 2. The number of aromatic nitrogens is 2. The fourth-order valence-electron chi connectivity index (χ4n) is 4.17. The molecule has 2 aliphatic heterocycles. The molecule has 0 aromatic carbocycles. The number of carbonyl (C=O) groups is 1. The number of anilines is 1. The summed E-state index contributed by atoms with van der Waals surface area (Å²) in [6.45, 7) is 3.83. The lowest BCUT2D eigenvalue weighted by Gasteiger charge is -2.48. The minimum Gasteiger partial charge on any atom is -0.494 e. The highest BCUT2D eigenvalue weighted by atomic mass is 16.5. The Morgan fingerprint density at radius 3 is 2.75 bits per heavy atom. The molecule has 1 aliphatic carbocycles. The molecule has 6 heteroatoms. The van der Waals surface area contributed by atoms with Gasteiger partial charge in [0.15, 0.2) is 5.75 Å². The van der Waals surface area contributed by atoms with Crippen molar-refractivity contribution in [3.63, 3.8) is 0 Å². The van der Waals surface area contributed by atoms with E-state index in [2.05, 4.69) is 19.8 Å². The van der Waals surface area contributed by atoms with Crippen LogP contribution in [0.3, 0.4) is 0 Å². The van der Waals surface area contributed by atoms with Crippen molar-refractivity contribution in [2.45, 2.75) is 38.5 Å². The molecule has 0 bridgehead atoms. The second kappa shape index (κ2) is 6.22. The summed E-state index contributed by atoms with van der Waals surface area (Å²) in [7, 11) is 1.63. The lowest BCUT2D eigenvalue weighted by molar-refractivity contribution is -0.138. The maximum atomic E-state index is 12.3. The van der Waals surface area contributed by atoms with Crippen molar-refractivity contribution >= 4 is 11.9 Å². The Kier molecular flexibility index (Phi) is 4.06. The van der Waals surface area contributed by atoms with Crippen LogP contribution in [0.4, 0.5) is 5.95 Å². The predicted octanol–water partition coefficient (Wildman–Crippen LogP) is 2.10. The maximum absolute atomic E-state index is 12.3. The third kappa shape index (κ3) is 3.19. The van der Waals surface area contributed by atoms with Crippen molar-refractivity contribution in [3.8, 4) is 5.75 Å². The molecule has 1 aromatic heterocycles. The molecule has 1 saturated carbocycles. The monoisotopic (exact) mass is 330 g/mol. The number of amides is 1. The lowest BCUT2D eigenvalue weighted by atomic mass is 9.73. The number of methoxy groups -OCH3 is 1. The van der Waals surface area contributed by atoms with Crippen molar-refractivity contribution < 1.29 is 9.53 Å². The molecule has 3 fully saturated rings. The largest absolute Gasteiger partial charge is 0.494 e. The molecule has 24 heavy (non-hydrogen) atoms. The van der Waals surface area contributed by atoms with Crippen LogP contribution in [0.1, 0.15) is 38.5 Å². The summed E-state index contributed by atoms with van der Waals surface area (Å²) in [5.74, 6) is 2.57. The predicted molar refractivity (Wildman–Crippen MR) is 91.0 cm³/mol. The van der Waals surface area contributed by atoms with Crippen LogP contribution in [-0.2, 0) is 4.79 Å². The van der Waals surface area contributed by atoms with E-state index in [4.69, 9.17) is 4.74 Å². The Hall–Kier alpha value is -1.85. The van der Waals surface area contributed by atoms with E-state index in [0.717, 1.165) is 50.9 Å². The van der Waals surface area contributed by atoms with Crippen molar-refractivity contribution in [2.24, 2.45) is 11.3 Å². The average Bonchev–Trinajstić information content (AvgIpc) is 3.43. The number of nitrogens with zero attached hydrogens (tertiary/aromatic N) is 4. The summed E-state index contributed by atoms with van der Waals surface area (Å²) < 4.78 is 5.15. The van der Waals surface area contributed by atoms with E-state index < -0.39 is 0 Å². The van der Waals surface area contributed by atoms with E-state index in [1.165, 1.54) is 19.3 Å². The molecule has 0 unspecified atom stereocenters. The molecule has 0 N–H and O–H groups in total. The number of likely N-dealkylation sites (tertiary alicyclic amines) is 1. The van der Waals surface area contributed by atoms with Gasteiger partial charge in [0, 0.05) is 38.0 Å². The standard InChI is InChI=1S/C18H26N4O2/c1-24-15-9-19-17(20-10-15)21-8-2-6-18(12-21)7-5-16(23)22(13-18)11-14-3-4-14/h9-10,14H,2-8,11-13H2,1H3/t18-/m1/s1. The molecule has 130 valence electrons. The second-order valence-electron chi connectivity index (χ2n) is 7.67. The van der Waals surface area contributed by atoms with Crippen molar-refractivity contribution in [1.82, 2.24) is 14.9 Å². The van der Waals surface area contributed by atoms with E-state index in [9.17, 15) is 4.79 Å². The quantitative estimate of drug-likeness (QED) is 0.846. The van der Waals surface area contributed by atoms with Gasteiger partial charge in [-0.3, -0.25) is 4.79 Å². The first kappa shape index (κ1) is 15.7. The molecule has 1 amide bonds. The van der Waals surface area contributed by atoms with Crippen LogP contribution in [0.25, 0.3) is 0 Å². The Labute approximate surface area is 143 Å². The van der Waals surface area contributed by atoms with Gasteiger partial charge in [0.25, 0.3) is 0 Å². The number of hydrogen-bond donors (Lipinski definition) is 0. The molecule has 1 aromatic rings. The Balaban J connectivity index is 1.47. The highest BCUT2D eigenvalue weighted by Crippen LogP contribution is 2.41. The molecular formula is C18H26N4O2. The summed E-state index contributed by atoms with van der Waals surface area (Å²) in [4.78, 5) is 25.6. The second-order valence-corrected chi connectivity index (χ2v) is 7.67. The van der Waals surface area contributed by atoms with Gasteiger partial charge < -0.3 is 14.5 Å². The summed E-state index contributed by atoms with van der Waals surface area (Å²) >= 11 is 0. The number of hydrogen-bond acceptors (Lipinski definition) is 5. The van der Waals surface area contributed by atoms with Gasteiger partial charge in [0.1, 0.15) is 0 Å². The van der Waals surface area contributed by atoms with Crippen LogP contribution >= 0.6 is 0 Å². The zero-order valence-corrected chi connectivity index (χ0v) is 14.4.